The number of quaternary nitrogens is 1. The summed E-state index contributed by atoms with van der Waals surface area (Å²) in [6.45, 7) is 9.80. The minimum atomic E-state index is -0.242. The van der Waals surface area contributed by atoms with Gasteiger partial charge in [0.25, 0.3) is 0 Å². The van der Waals surface area contributed by atoms with Crippen LogP contribution in [0.15, 0.2) is 24.3 Å². The van der Waals surface area contributed by atoms with Crippen molar-refractivity contribution in [3.63, 3.8) is 0 Å². The number of phenolic OH excluding ortho intramolecular Hbond substituents is 2. The maximum absolute atomic E-state index is 10.5. The van der Waals surface area contributed by atoms with E-state index in [9.17, 15) is 10.2 Å². The summed E-state index contributed by atoms with van der Waals surface area (Å²) in [5.41, 5.74) is 5.82. The molecular weight excluding hydrogens is 336 g/mol. The zero-order valence-corrected chi connectivity index (χ0v) is 18.1. The summed E-state index contributed by atoms with van der Waals surface area (Å²) >= 11 is 0. The Morgan fingerprint density at radius 3 is 1.74 bits per heavy atom. The molecule has 0 saturated heterocycles. The fourth-order valence-electron chi connectivity index (χ4n) is 3.57. The van der Waals surface area contributed by atoms with E-state index in [1.54, 1.807) is 0 Å². The van der Waals surface area contributed by atoms with E-state index in [1.165, 1.54) is 16.0 Å². The minimum Gasteiger partial charge on any atom is -0.507 e. The van der Waals surface area contributed by atoms with Crippen molar-refractivity contribution in [1.29, 1.82) is 0 Å². The van der Waals surface area contributed by atoms with Crippen LogP contribution in [0.5, 0.6) is 11.5 Å². The Labute approximate surface area is 164 Å². The average molecular weight is 372 g/mol. The Bertz CT molecular complexity index is 756. The van der Waals surface area contributed by atoms with Gasteiger partial charge in [0.05, 0.1) is 14.1 Å². The number of benzene rings is 2. The van der Waals surface area contributed by atoms with Crippen molar-refractivity contribution in [2.75, 3.05) is 28.2 Å². The van der Waals surface area contributed by atoms with Crippen LogP contribution in [0.1, 0.15) is 47.2 Å². The summed E-state index contributed by atoms with van der Waals surface area (Å²) < 4.78 is 0. The fraction of sp³-hybridized carbons (Fsp3) is 0.478. The van der Waals surface area contributed by atoms with Gasteiger partial charge in [-0.3, -0.25) is 0 Å². The molecule has 4 nitrogen and oxygen atoms in total. The van der Waals surface area contributed by atoms with E-state index in [0.717, 1.165) is 28.8 Å². The van der Waals surface area contributed by atoms with E-state index in [0.29, 0.717) is 18.0 Å². The van der Waals surface area contributed by atoms with Gasteiger partial charge in [-0.25, -0.2) is 0 Å². The summed E-state index contributed by atoms with van der Waals surface area (Å²) in [6, 6.07) is 8.40. The Kier molecular flexibility index (Phi) is 6.23. The van der Waals surface area contributed by atoms with Crippen LogP contribution in [0.25, 0.3) is 0 Å². The van der Waals surface area contributed by atoms with E-state index in [1.807, 2.05) is 27.9 Å². The summed E-state index contributed by atoms with van der Waals surface area (Å²) in [5.74, 6) is 0.771. The standard InChI is InChI=1S/C23H34N2O2/c1-15-9-19(11-17(21(15)26)13-24(5)6)23(3,4)20-10-16(2)22(27)18(12-20)14-25(7)8/h9-12,26-27H,13-14H2,1-8H3/p+1. The molecule has 0 spiro atoms. The molecule has 2 rings (SSSR count). The number of aryl methyl sites for hydroxylation is 2. The van der Waals surface area contributed by atoms with Crippen molar-refractivity contribution in [3.05, 3.63) is 57.6 Å². The lowest BCUT2D eigenvalue weighted by molar-refractivity contribution is -0.872. The molecule has 0 heterocycles. The van der Waals surface area contributed by atoms with E-state index < -0.39 is 0 Å². The quantitative estimate of drug-likeness (QED) is 0.732. The van der Waals surface area contributed by atoms with E-state index in [4.69, 9.17) is 0 Å². The fourth-order valence-corrected chi connectivity index (χ4v) is 3.57. The molecule has 0 aliphatic rings. The molecule has 2 aromatic rings. The van der Waals surface area contributed by atoms with Gasteiger partial charge in [0.1, 0.15) is 18.0 Å². The Morgan fingerprint density at radius 1 is 0.852 bits per heavy atom. The molecule has 27 heavy (non-hydrogen) atoms. The first-order valence-electron chi connectivity index (χ1n) is 9.53. The molecule has 0 fully saturated rings. The topological polar surface area (TPSA) is 48.1 Å². The number of nitrogens with one attached hydrogen (secondary N) is 1. The van der Waals surface area contributed by atoms with Gasteiger partial charge in [-0.15, -0.1) is 0 Å². The van der Waals surface area contributed by atoms with Crippen LogP contribution < -0.4 is 4.90 Å². The van der Waals surface area contributed by atoms with Gasteiger partial charge < -0.3 is 20.0 Å². The zero-order valence-electron chi connectivity index (χ0n) is 18.1. The molecule has 2 aromatic carbocycles. The second kappa shape index (κ2) is 7.91. The first-order valence-corrected chi connectivity index (χ1v) is 9.53. The third-order valence-corrected chi connectivity index (χ3v) is 5.23. The highest BCUT2D eigenvalue weighted by Gasteiger charge is 2.27. The normalized spacial score (nSPS) is 12.2. The average Bonchev–Trinajstić information content (AvgIpc) is 2.54. The second-order valence-electron chi connectivity index (χ2n) is 8.85. The lowest BCUT2D eigenvalue weighted by Crippen LogP contribution is -3.04. The number of rotatable bonds is 6. The second-order valence-corrected chi connectivity index (χ2v) is 8.85. The van der Waals surface area contributed by atoms with Crippen LogP contribution in [0.4, 0.5) is 0 Å². The molecule has 0 aliphatic heterocycles. The van der Waals surface area contributed by atoms with Gasteiger partial charge >= 0.3 is 0 Å². The highest BCUT2D eigenvalue weighted by molar-refractivity contribution is 5.51. The third kappa shape index (κ3) is 4.63. The van der Waals surface area contributed by atoms with E-state index in [2.05, 4.69) is 57.1 Å². The molecule has 0 aromatic heterocycles. The van der Waals surface area contributed by atoms with E-state index >= 15 is 0 Å². The van der Waals surface area contributed by atoms with Crippen LogP contribution in [0.3, 0.4) is 0 Å². The largest absolute Gasteiger partial charge is 0.507 e. The molecule has 0 saturated carbocycles. The van der Waals surface area contributed by atoms with Gasteiger partial charge in [0, 0.05) is 23.1 Å². The number of hydrogen-bond donors (Lipinski definition) is 3. The summed E-state index contributed by atoms with van der Waals surface area (Å²) in [6.07, 6.45) is 0. The van der Waals surface area contributed by atoms with Crippen molar-refractivity contribution >= 4 is 0 Å². The first kappa shape index (κ1) is 21.3. The first-order chi connectivity index (χ1) is 12.4. The highest BCUT2D eigenvalue weighted by Crippen LogP contribution is 2.38. The molecule has 0 aliphatic carbocycles. The molecule has 0 amide bonds. The van der Waals surface area contributed by atoms with Crippen LogP contribution >= 0.6 is 0 Å². The van der Waals surface area contributed by atoms with Crippen molar-refractivity contribution in [1.82, 2.24) is 4.90 Å². The maximum Gasteiger partial charge on any atom is 0.127 e. The summed E-state index contributed by atoms with van der Waals surface area (Å²) in [7, 11) is 8.18. The van der Waals surface area contributed by atoms with Crippen molar-refractivity contribution in [2.45, 2.75) is 46.2 Å². The smallest absolute Gasteiger partial charge is 0.127 e. The predicted molar refractivity (Wildman–Crippen MR) is 112 cm³/mol. The monoisotopic (exact) mass is 371 g/mol. The van der Waals surface area contributed by atoms with Gasteiger partial charge in [-0.2, -0.15) is 0 Å². The van der Waals surface area contributed by atoms with Crippen LogP contribution in [-0.4, -0.2) is 43.3 Å². The van der Waals surface area contributed by atoms with Crippen molar-refractivity contribution in [3.8, 4) is 11.5 Å². The minimum absolute atomic E-state index is 0.242. The summed E-state index contributed by atoms with van der Waals surface area (Å²) in [5, 5.41) is 20.9. The van der Waals surface area contributed by atoms with Crippen LogP contribution in [-0.2, 0) is 18.5 Å². The zero-order chi connectivity index (χ0) is 20.5. The predicted octanol–water partition coefficient (Wildman–Crippen LogP) is 2.75. The molecule has 3 N–H and O–H groups in total. The number of hydrogen-bond acceptors (Lipinski definition) is 3. The Hall–Kier alpha value is -2.04. The molecule has 0 unspecified atom stereocenters. The van der Waals surface area contributed by atoms with Crippen molar-refractivity contribution < 1.29 is 15.1 Å². The van der Waals surface area contributed by atoms with Crippen molar-refractivity contribution in [2.24, 2.45) is 0 Å². The molecule has 0 radical (unpaired) electrons. The molecule has 0 atom stereocenters. The third-order valence-electron chi connectivity index (χ3n) is 5.23. The number of nitrogens with zero attached hydrogens (tertiary/aromatic N) is 1. The van der Waals surface area contributed by atoms with Gasteiger partial charge in [0.2, 0.25) is 0 Å². The Morgan fingerprint density at radius 2 is 1.30 bits per heavy atom. The van der Waals surface area contributed by atoms with Gasteiger partial charge in [-0.1, -0.05) is 26.0 Å². The SMILES string of the molecule is Cc1cc(C(C)(C)c2cc(C)c(O)c(C[NH+](C)C)c2)cc(CN(C)C)c1O. The molecule has 4 heteroatoms. The molecular formula is C23H35N2O2+. The molecule has 148 valence electrons. The lowest BCUT2D eigenvalue weighted by Gasteiger charge is -2.29. The highest BCUT2D eigenvalue weighted by atomic mass is 16.3. The maximum atomic E-state index is 10.5. The lowest BCUT2D eigenvalue weighted by atomic mass is 9.76. The van der Waals surface area contributed by atoms with Crippen LogP contribution in [0.2, 0.25) is 0 Å². The van der Waals surface area contributed by atoms with Crippen LogP contribution in [0, 0.1) is 13.8 Å². The summed E-state index contributed by atoms with van der Waals surface area (Å²) in [4.78, 5) is 3.34. The molecule has 0 bridgehead atoms. The van der Waals surface area contributed by atoms with E-state index in [-0.39, 0.29) is 5.41 Å². The van der Waals surface area contributed by atoms with Gasteiger partial charge in [0.15, 0.2) is 0 Å². The van der Waals surface area contributed by atoms with Gasteiger partial charge in [-0.05, 0) is 62.3 Å². The number of phenols is 2. The number of aromatic hydroxyl groups is 2. The Balaban J connectivity index is 2.58.